The van der Waals surface area contributed by atoms with E-state index in [1.165, 1.54) is 0 Å². The van der Waals surface area contributed by atoms with Gasteiger partial charge in [0.05, 0.1) is 31.5 Å². The van der Waals surface area contributed by atoms with Gasteiger partial charge in [0.1, 0.15) is 18.4 Å². The van der Waals surface area contributed by atoms with Crippen LogP contribution in [0.3, 0.4) is 0 Å². The van der Waals surface area contributed by atoms with Gasteiger partial charge in [-0.1, -0.05) is 12.1 Å². The summed E-state index contributed by atoms with van der Waals surface area (Å²) in [5, 5.41) is 8.87. The van der Waals surface area contributed by atoms with Gasteiger partial charge in [-0.2, -0.15) is 5.26 Å². The predicted molar refractivity (Wildman–Crippen MR) is 68.6 cm³/mol. The van der Waals surface area contributed by atoms with Gasteiger partial charge in [0.25, 0.3) is 0 Å². The number of para-hydroxylation sites is 1. The Kier molecular flexibility index (Phi) is 6.85. The molecule has 0 saturated carbocycles. The first-order valence-electron chi connectivity index (χ1n) is 6.05. The van der Waals surface area contributed by atoms with Crippen molar-refractivity contribution in [2.24, 2.45) is 0 Å². The highest BCUT2D eigenvalue weighted by molar-refractivity contribution is 5.42. The van der Waals surface area contributed by atoms with Crippen LogP contribution in [-0.4, -0.2) is 32.5 Å². The fourth-order valence-corrected chi connectivity index (χ4v) is 1.34. The Morgan fingerprint density at radius 2 is 1.83 bits per heavy atom. The number of nitriles is 1. The van der Waals surface area contributed by atoms with Crippen LogP contribution in [0.2, 0.25) is 0 Å². The van der Waals surface area contributed by atoms with E-state index < -0.39 is 0 Å². The van der Waals surface area contributed by atoms with Gasteiger partial charge in [0, 0.05) is 0 Å². The molecule has 0 unspecified atom stereocenters. The summed E-state index contributed by atoms with van der Waals surface area (Å²) in [5.74, 6) is 0.599. The van der Waals surface area contributed by atoms with Crippen LogP contribution in [0.1, 0.15) is 19.4 Å². The maximum Gasteiger partial charge on any atom is 0.137 e. The molecule has 0 N–H and O–H groups in total. The summed E-state index contributed by atoms with van der Waals surface area (Å²) < 4.78 is 16.1. The summed E-state index contributed by atoms with van der Waals surface area (Å²) in [6, 6.07) is 9.24. The molecular formula is C14H19NO3. The van der Waals surface area contributed by atoms with Crippen molar-refractivity contribution in [1.82, 2.24) is 0 Å². The van der Waals surface area contributed by atoms with Crippen LogP contribution >= 0.6 is 0 Å². The van der Waals surface area contributed by atoms with Gasteiger partial charge in [0.15, 0.2) is 0 Å². The monoisotopic (exact) mass is 249 g/mol. The lowest BCUT2D eigenvalue weighted by molar-refractivity contribution is 0.0124. The highest BCUT2D eigenvalue weighted by Gasteiger charge is 2.01. The van der Waals surface area contributed by atoms with E-state index in [-0.39, 0.29) is 6.10 Å². The molecule has 0 spiro atoms. The molecule has 4 nitrogen and oxygen atoms in total. The molecule has 0 aliphatic carbocycles. The molecule has 0 aliphatic heterocycles. The fraction of sp³-hybridized carbons (Fsp3) is 0.500. The number of nitrogens with zero attached hydrogens (tertiary/aromatic N) is 1. The highest BCUT2D eigenvalue weighted by Crippen LogP contribution is 2.15. The maximum atomic E-state index is 8.87. The van der Waals surface area contributed by atoms with Crippen molar-refractivity contribution < 1.29 is 14.2 Å². The summed E-state index contributed by atoms with van der Waals surface area (Å²) in [7, 11) is 0. The lowest BCUT2D eigenvalue weighted by atomic mass is 10.2. The van der Waals surface area contributed by atoms with Crippen molar-refractivity contribution >= 4 is 0 Å². The highest BCUT2D eigenvalue weighted by atomic mass is 16.5. The first-order valence-corrected chi connectivity index (χ1v) is 6.05. The second kappa shape index (κ2) is 8.51. The van der Waals surface area contributed by atoms with Crippen LogP contribution in [-0.2, 0) is 9.47 Å². The van der Waals surface area contributed by atoms with Crippen molar-refractivity contribution in [2.45, 2.75) is 20.0 Å². The second-order valence-corrected chi connectivity index (χ2v) is 3.99. The van der Waals surface area contributed by atoms with Crippen molar-refractivity contribution in [2.75, 3.05) is 26.4 Å². The van der Waals surface area contributed by atoms with E-state index in [0.29, 0.717) is 37.7 Å². The number of hydrogen-bond acceptors (Lipinski definition) is 4. The van der Waals surface area contributed by atoms with Gasteiger partial charge in [-0.3, -0.25) is 0 Å². The number of rotatable bonds is 8. The van der Waals surface area contributed by atoms with Gasteiger partial charge in [0.2, 0.25) is 0 Å². The van der Waals surface area contributed by atoms with Crippen LogP contribution in [0, 0.1) is 11.3 Å². The third-order valence-corrected chi connectivity index (χ3v) is 2.17. The average molecular weight is 249 g/mol. The molecule has 18 heavy (non-hydrogen) atoms. The second-order valence-electron chi connectivity index (χ2n) is 3.99. The Hall–Kier alpha value is -1.57. The van der Waals surface area contributed by atoms with E-state index in [1.54, 1.807) is 12.1 Å². The van der Waals surface area contributed by atoms with E-state index >= 15 is 0 Å². The first-order chi connectivity index (χ1) is 8.74. The zero-order valence-electron chi connectivity index (χ0n) is 10.9. The SMILES string of the molecule is CC(C)OCCOCCOc1ccccc1C#N. The average Bonchev–Trinajstić information content (AvgIpc) is 2.37. The molecule has 0 saturated heterocycles. The van der Waals surface area contributed by atoms with E-state index in [4.69, 9.17) is 19.5 Å². The Labute approximate surface area is 108 Å². The zero-order chi connectivity index (χ0) is 13.2. The smallest absolute Gasteiger partial charge is 0.137 e. The molecule has 98 valence electrons. The minimum Gasteiger partial charge on any atom is -0.490 e. The summed E-state index contributed by atoms with van der Waals surface area (Å²) in [6.45, 7) is 6.04. The van der Waals surface area contributed by atoms with Crippen molar-refractivity contribution in [3.8, 4) is 11.8 Å². The molecule has 1 aromatic rings. The number of hydrogen-bond donors (Lipinski definition) is 0. The molecule has 0 aliphatic rings. The third-order valence-electron chi connectivity index (χ3n) is 2.17. The van der Waals surface area contributed by atoms with Crippen LogP contribution < -0.4 is 4.74 Å². The number of ether oxygens (including phenoxy) is 3. The van der Waals surface area contributed by atoms with Gasteiger partial charge in [-0.05, 0) is 26.0 Å². The molecule has 0 heterocycles. The van der Waals surface area contributed by atoms with Crippen LogP contribution in [0.25, 0.3) is 0 Å². The Morgan fingerprint density at radius 1 is 1.11 bits per heavy atom. The summed E-state index contributed by atoms with van der Waals surface area (Å²) in [5.41, 5.74) is 0.542. The van der Waals surface area contributed by atoms with Crippen molar-refractivity contribution in [3.05, 3.63) is 29.8 Å². The van der Waals surface area contributed by atoms with E-state index in [2.05, 4.69) is 6.07 Å². The van der Waals surface area contributed by atoms with E-state index in [9.17, 15) is 0 Å². The lowest BCUT2D eigenvalue weighted by Gasteiger charge is -2.09. The first kappa shape index (κ1) is 14.5. The van der Waals surface area contributed by atoms with E-state index in [0.717, 1.165) is 0 Å². The van der Waals surface area contributed by atoms with Gasteiger partial charge >= 0.3 is 0 Å². The molecule has 0 atom stereocenters. The Balaban J connectivity index is 2.13. The zero-order valence-corrected chi connectivity index (χ0v) is 10.9. The topological polar surface area (TPSA) is 51.5 Å². The predicted octanol–water partition coefficient (Wildman–Crippen LogP) is 2.38. The quantitative estimate of drug-likeness (QED) is 0.664. The largest absolute Gasteiger partial charge is 0.490 e. The van der Waals surface area contributed by atoms with Gasteiger partial charge < -0.3 is 14.2 Å². The summed E-state index contributed by atoms with van der Waals surface area (Å²) in [6.07, 6.45) is 0.229. The molecule has 4 heteroatoms. The van der Waals surface area contributed by atoms with Crippen LogP contribution in [0.5, 0.6) is 5.75 Å². The molecule has 1 rings (SSSR count). The molecule has 0 bridgehead atoms. The minimum atomic E-state index is 0.229. The minimum absolute atomic E-state index is 0.229. The normalized spacial score (nSPS) is 10.3. The van der Waals surface area contributed by atoms with Crippen LogP contribution in [0.15, 0.2) is 24.3 Å². The van der Waals surface area contributed by atoms with E-state index in [1.807, 2.05) is 26.0 Å². The molecule has 1 aromatic carbocycles. The molecular weight excluding hydrogens is 230 g/mol. The lowest BCUT2D eigenvalue weighted by Crippen LogP contribution is -2.13. The fourth-order valence-electron chi connectivity index (χ4n) is 1.34. The molecule has 0 aromatic heterocycles. The number of benzene rings is 1. The molecule has 0 fully saturated rings. The Bertz CT molecular complexity index is 385. The summed E-state index contributed by atoms with van der Waals surface area (Å²) >= 11 is 0. The van der Waals surface area contributed by atoms with Crippen LogP contribution in [0.4, 0.5) is 0 Å². The summed E-state index contributed by atoms with van der Waals surface area (Å²) in [4.78, 5) is 0. The van der Waals surface area contributed by atoms with Gasteiger partial charge in [-0.25, -0.2) is 0 Å². The van der Waals surface area contributed by atoms with Crippen molar-refractivity contribution in [1.29, 1.82) is 5.26 Å². The maximum absolute atomic E-state index is 8.87. The van der Waals surface area contributed by atoms with Crippen molar-refractivity contribution in [3.63, 3.8) is 0 Å². The molecule has 0 radical (unpaired) electrons. The molecule has 0 amide bonds. The standard InChI is InChI=1S/C14H19NO3/c1-12(2)17-9-7-16-8-10-18-14-6-4-3-5-13(14)11-15/h3-6,12H,7-10H2,1-2H3. The third kappa shape index (κ3) is 5.67. The van der Waals surface area contributed by atoms with Gasteiger partial charge in [-0.15, -0.1) is 0 Å². The Morgan fingerprint density at radius 3 is 2.56 bits per heavy atom.